The molecule has 0 aliphatic heterocycles. The van der Waals surface area contributed by atoms with Crippen LogP contribution in [0.5, 0.6) is 11.5 Å². The summed E-state index contributed by atoms with van der Waals surface area (Å²) in [6.07, 6.45) is 0.906. The van der Waals surface area contributed by atoms with Crippen molar-refractivity contribution in [2.75, 3.05) is 14.2 Å². The van der Waals surface area contributed by atoms with Crippen molar-refractivity contribution in [2.45, 2.75) is 19.4 Å². The third-order valence-corrected chi connectivity index (χ3v) is 3.85. The first-order valence-electron chi connectivity index (χ1n) is 7.30. The lowest BCUT2D eigenvalue weighted by Crippen LogP contribution is -2.11. The summed E-state index contributed by atoms with van der Waals surface area (Å²) in [5.41, 5.74) is 3.06. The molecular weight excluding hydrogens is 278 g/mol. The molecule has 0 aliphatic carbocycles. The van der Waals surface area contributed by atoms with E-state index in [0.29, 0.717) is 0 Å². The van der Waals surface area contributed by atoms with E-state index < -0.39 is 0 Å². The van der Waals surface area contributed by atoms with Crippen molar-refractivity contribution in [3.05, 3.63) is 48.0 Å². The number of aromatic nitrogens is 3. The molecule has 0 fully saturated rings. The minimum Gasteiger partial charge on any atom is -0.493 e. The zero-order chi connectivity index (χ0) is 15.5. The summed E-state index contributed by atoms with van der Waals surface area (Å²) in [6, 6.07) is 14.1. The molecule has 0 radical (unpaired) electrons. The molecule has 3 aromatic rings. The Morgan fingerprint density at radius 1 is 1.05 bits per heavy atom. The minimum atomic E-state index is 0.104. The lowest BCUT2D eigenvalue weighted by Gasteiger charge is -2.18. The monoisotopic (exact) mass is 297 g/mol. The van der Waals surface area contributed by atoms with E-state index in [1.54, 1.807) is 14.2 Å². The van der Waals surface area contributed by atoms with Crippen molar-refractivity contribution >= 4 is 11.0 Å². The Morgan fingerprint density at radius 2 is 1.82 bits per heavy atom. The number of hydrogen-bond acceptors (Lipinski definition) is 4. The summed E-state index contributed by atoms with van der Waals surface area (Å²) in [5.74, 6) is 1.45. The lowest BCUT2D eigenvalue weighted by atomic mass is 10.0. The molecule has 0 aliphatic rings. The fourth-order valence-corrected chi connectivity index (χ4v) is 2.73. The fourth-order valence-electron chi connectivity index (χ4n) is 2.73. The molecule has 114 valence electrons. The van der Waals surface area contributed by atoms with Gasteiger partial charge in [-0.25, -0.2) is 4.68 Å². The average Bonchev–Trinajstić information content (AvgIpc) is 2.99. The first-order chi connectivity index (χ1) is 10.8. The van der Waals surface area contributed by atoms with Crippen molar-refractivity contribution in [3.63, 3.8) is 0 Å². The van der Waals surface area contributed by atoms with Gasteiger partial charge in [0.15, 0.2) is 11.5 Å². The molecule has 0 N–H and O–H groups in total. The van der Waals surface area contributed by atoms with E-state index in [2.05, 4.69) is 17.2 Å². The number of benzene rings is 2. The highest BCUT2D eigenvalue weighted by molar-refractivity contribution is 5.74. The van der Waals surface area contributed by atoms with Gasteiger partial charge >= 0.3 is 0 Å². The topological polar surface area (TPSA) is 49.2 Å². The maximum Gasteiger partial charge on any atom is 0.161 e. The molecule has 1 heterocycles. The molecule has 2 aromatic carbocycles. The molecule has 0 amide bonds. The van der Waals surface area contributed by atoms with Gasteiger partial charge in [-0.3, -0.25) is 0 Å². The summed E-state index contributed by atoms with van der Waals surface area (Å²) in [5, 5.41) is 8.58. The van der Waals surface area contributed by atoms with Crippen LogP contribution in [0, 0.1) is 0 Å². The number of hydrogen-bond donors (Lipinski definition) is 0. The Kier molecular flexibility index (Phi) is 3.96. The first kappa shape index (κ1) is 14.4. The molecule has 3 rings (SSSR count). The Labute approximate surface area is 129 Å². The van der Waals surface area contributed by atoms with Crippen LogP contribution >= 0.6 is 0 Å². The summed E-state index contributed by atoms with van der Waals surface area (Å²) in [4.78, 5) is 0. The van der Waals surface area contributed by atoms with E-state index in [0.717, 1.165) is 34.5 Å². The number of rotatable bonds is 5. The van der Waals surface area contributed by atoms with Gasteiger partial charge in [0.2, 0.25) is 0 Å². The van der Waals surface area contributed by atoms with E-state index in [9.17, 15) is 0 Å². The van der Waals surface area contributed by atoms with Gasteiger partial charge in [-0.1, -0.05) is 30.3 Å². The van der Waals surface area contributed by atoms with Crippen molar-refractivity contribution < 1.29 is 9.47 Å². The number of ether oxygens (including phenoxy) is 2. The Hall–Kier alpha value is -2.56. The van der Waals surface area contributed by atoms with Gasteiger partial charge in [-0.2, -0.15) is 0 Å². The number of fused-ring (bicyclic) bond motifs is 1. The predicted molar refractivity (Wildman–Crippen MR) is 85.5 cm³/mol. The zero-order valence-electron chi connectivity index (χ0n) is 13.0. The second kappa shape index (κ2) is 6.05. The third kappa shape index (κ3) is 2.39. The highest BCUT2D eigenvalue weighted by atomic mass is 16.5. The summed E-state index contributed by atoms with van der Waals surface area (Å²) in [6.45, 7) is 2.14. The van der Waals surface area contributed by atoms with Gasteiger partial charge in [0, 0.05) is 0 Å². The van der Waals surface area contributed by atoms with Crippen molar-refractivity contribution in [2.24, 2.45) is 0 Å². The van der Waals surface area contributed by atoms with Crippen molar-refractivity contribution in [1.29, 1.82) is 0 Å². The molecule has 0 bridgehead atoms. The molecule has 0 spiro atoms. The SMILES string of the molecule is CCC(c1ccc(OC)c(OC)c1)n1nnc2ccccc21. The Morgan fingerprint density at radius 3 is 2.55 bits per heavy atom. The van der Waals surface area contributed by atoms with Crippen LogP contribution in [-0.4, -0.2) is 29.2 Å². The lowest BCUT2D eigenvalue weighted by molar-refractivity contribution is 0.353. The summed E-state index contributed by atoms with van der Waals surface area (Å²) < 4.78 is 12.7. The van der Waals surface area contributed by atoms with Crippen molar-refractivity contribution in [3.8, 4) is 11.5 Å². The van der Waals surface area contributed by atoms with Crippen LogP contribution in [0.4, 0.5) is 0 Å². The van der Waals surface area contributed by atoms with Crippen LogP contribution in [0.3, 0.4) is 0 Å². The van der Waals surface area contributed by atoms with Crippen LogP contribution < -0.4 is 9.47 Å². The Balaban J connectivity index is 2.08. The molecule has 0 saturated carbocycles. The number of para-hydroxylation sites is 1. The van der Waals surface area contributed by atoms with Gasteiger partial charge in [0.1, 0.15) is 5.52 Å². The second-order valence-corrected chi connectivity index (χ2v) is 5.06. The summed E-state index contributed by atoms with van der Waals surface area (Å²) in [7, 11) is 3.28. The van der Waals surface area contributed by atoms with Gasteiger partial charge in [0.25, 0.3) is 0 Å². The molecule has 5 heteroatoms. The van der Waals surface area contributed by atoms with Gasteiger partial charge in [-0.15, -0.1) is 5.10 Å². The smallest absolute Gasteiger partial charge is 0.161 e. The van der Waals surface area contributed by atoms with E-state index in [-0.39, 0.29) is 6.04 Å². The van der Waals surface area contributed by atoms with Gasteiger partial charge in [0.05, 0.1) is 25.8 Å². The minimum absolute atomic E-state index is 0.104. The molecule has 1 atom stereocenters. The maximum absolute atomic E-state index is 5.41. The number of methoxy groups -OCH3 is 2. The molecule has 1 unspecified atom stereocenters. The van der Waals surface area contributed by atoms with E-state index in [4.69, 9.17) is 9.47 Å². The van der Waals surface area contributed by atoms with Crippen LogP contribution in [0.25, 0.3) is 11.0 Å². The highest BCUT2D eigenvalue weighted by Crippen LogP contribution is 2.33. The van der Waals surface area contributed by atoms with Crippen LogP contribution in [0.15, 0.2) is 42.5 Å². The molecule has 5 nitrogen and oxygen atoms in total. The molecule has 22 heavy (non-hydrogen) atoms. The van der Waals surface area contributed by atoms with Gasteiger partial charge in [-0.05, 0) is 36.2 Å². The first-order valence-corrected chi connectivity index (χ1v) is 7.30. The highest BCUT2D eigenvalue weighted by Gasteiger charge is 2.18. The second-order valence-electron chi connectivity index (χ2n) is 5.06. The molecule has 1 aromatic heterocycles. The maximum atomic E-state index is 5.41. The van der Waals surface area contributed by atoms with Crippen molar-refractivity contribution in [1.82, 2.24) is 15.0 Å². The third-order valence-electron chi connectivity index (χ3n) is 3.85. The fraction of sp³-hybridized carbons (Fsp3) is 0.294. The van der Waals surface area contributed by atoms with E-state index in [1.807, 2.05) is 47.1 Å². The van der Waals surface area contributed by atoms with E-state index >= 15 is 0 Å². The normalized spacial score (nSPS) is 12.3. The molecular formula is C17H19N3O2. The van der Waals surface area contributed by atoms with Crippen LogP contribution in [-0.2, 0) is 0 Å². The van der Waals surface area contributed by atoms with Gasteiger partial charge < -0.3 is 9.47 Å². The molecule has 0 saturated heterocycles. The van der Waals surface area contributed by atoms with Crippen LogP contribution in [0.2, 0.25) is 0 Å². The van der Waals surface area contributed by atoms with Crippen LogP contribution in [0.1, 0.15) is 24.9 Å². The average molecular weight is 297 g/mol. The predicted octanol–water partition coefficient (Wildman–Crippen LogP) is 3.45. The largest absolute Gasteiger partial charge is 0.493 e. The Bertz CT molecular complexity index is 782. The number of nitrogens with zero attached hydrogens (tertiary/aromatic N) is 3. The summed E-state index contributed by atoms with van der Waals surface area (Å²) >= 11 is 0. The van der Waals surface area contributed by atoms with E-state index in [1.165, 1.54) is 0 Å². The zero-order valence-corrected chi connectivity index (χ0v) is 13.0. The standard InChI is InChI=1S/C17H19N3O2/c1-4-14(12-9-10-16(21-2)17(11-12)22-3)20-15-8-6-5-7-13(15)18-19-20/h5-11,14H,4H2,1-3H3. The quantitative estimate of drug-likeness (QED) is 0.723.